The van der Waals surface area contributed by atoms with Crippen LogP contribution in [0, 0.1) is 17.4 Å². The Balaban J connectivity index is 1.60. The summed E-state index contributed by atoms with van der Waals surface area (Å²) < 4.78 is 17.3. The summed E-state index contributed by atoms with van der Waals surface area (Å²) in [5, 5.41) is 9.22. The summed E-state index contributed by atoms with van der Waals surface area (Å²) in [7, 11) is 1.47. The van der Waals surface area contributed by atoms with E-state index < -0.39 is 11.8 Å². The van der Waals surface area contributed by atoms with Crippen molar-refractivity contribution in [3.8, 4) is 17.2 Å². The van der Waals surface area contributed by atoms with Gasteiger partial charge in [0.1, 0.15) is 5.75 Å². The van der Waals surface area contributed by atoms with Gasteiger partial charge in [-0.1, -0.05) is 24.3 Å². The molecule has 3 aromatic rings. The van der Waals surface area contributed by atoms with Crippen LogP contribution in [0.1, 0.15) is 23.6 Å². The average molecular weight is 644 g/mol. The number of carbonyl (C=O) groups excluding carboxylic acids is 3. The number of para-hydroxylation sites is 2. The van der Waals surface area contributed by atoms with Crippen molar-refractivity contribution in [1.29, 1.82) is 0 Å². The summed E-state index contributed by atoms with van der Waals surface area (Å²) in [4.78, 5) is 36.9. The first-order valence-corrected chi connectivity index (χ1v) is 13.0. The van der Waals surface area contributed by atoms with E-state index in [0.29, 0.717) is 38.7 Å². The minimum absolute atomic E-state index is 0.217. The second-order valence-corrected chi connectivity index (χ2v) is 9.36. The molecule has 3 amide bonds. The van der Waals surface area contributed by atoms with Gasteiger partial charge in [-0.15, -0.1) is 0 Å². The first-order valence-electron chi connectivity index (χ1n) is 12.0. The van der Waals surface area contributed by atoms with E-state index in [1.165, 1.54) is 13.3 Å². The fourth-order valence-corrected chi connectivity index (χ4v) is 4.19. The highest BCUT2D eigenvalue weighted by molar-refractivity contribution is 14.1. The Morgan fingerprint density at radius 1 is 0.923 bits per heavy atom. The molecule has 39 heavy (non-hydrogen) atoms. The maximum absolute atomic E-state index is 12.5. The summed E-state index contributed by atoms with van der Waals surface area (Å²) in [5.41, 5.74) is 5.94. The van der Waals surface area contributed by atoms with Crippen LogP contribution in [0.25, 0.3) is 0 Å². The quantitative estimate of drug-likeness (QED) is 0.130. The van der Waals surface area contributed by atoms with E-state index in [9.17, 15) is 14.4 Å². The molecule has 3 N–H and O–H groups in total. The number of hydrogen-bond donors (Lipinski definition) is 3. The largest absolute Gasteiger partial charge is 0.493 e. The van der Waals surface area contributed by atoms with Gasteiger partial charge in [0, 0.05) is 5.69 Å². The number of hydrogen-bond acceptors (Lipinski definition) is 7. The number of aryl methyl sites for hydroxylation is 1. The lowest BCUT2D eigenvalue weighted by molar-refractivity contribution is -0.136. The number of halogens is 1. The SMILES string of the molecule is CCOc1ccccc1NC(=O)C(=O)N/N=C\c1cc(I)c(OCC(=O)Nc2cccc(C)c2C)c(OC)c1. The highest BCUT2D eigenvalue weighted by Crippen LogP contribution is 2.33. The normalized spacial score (nSPS) is 10.6. The molecular formula is C28H29IN4O6. The molecule has 0 radical (unpaired) electrons. The number of ether oxygens (including phenoxy) is 3. The summed E-state index contributed by atoms with van der Waals surface area (Å²) >= 11 is 2.05. The molecule has 0 atom stereocenters. The molecule has 0 unspecified atom stereocenters. The molecule has 3 aromatic carbocycles. The van der Waals surface area contributed by atoms with Crippen LogP contribution in [-0.4, -0.2) is 44.3 Å². The minimum atomic E-state index is -0.950. The van der Waals surface area contributed by atoms with Gasteiger partial charge in [-0.05, 0) is 90.4 Å². The van der Waals surface area contributed by atoms with E-state index in [1.807, 2.05) is 39.0 Å². The van der Waals surface area contributed by atoms with Crippen molar-refractivity contribution in [2.75, 3.05) is 31.0 Å². The molecule has 0 aromatic heterocycles. The Labute approximate surface area is 240 Å². The number of nitrogens with zero attached hydrogens (tertiary/aromatic N) is 1. The van der Waals surface area contributed by atoms with E-state index in [1.54, 1.807) is 36.4 Å². The van der Waals surface area contributed by atoms with Crippen LogP contribution in [0.4, 0.5) is 11.4 Å². The minimum Gasteiger partial charge on any atom is -0.493 e. The second kappa shape index (κ2) is 14.1. The third-order valence-corrected chi connectivity index (χ3v) is 6.30. The number of methoxy groups -OCH3 is 1. The number of rotatable bonds is 10. The number of nitrogens with one attached hydrogen (secondary N) is 3. The van der Waals surface area contributed by atoms with E-state index in [4.69, 9.17) is 14.2 Å². The lowest BCUT2D eigenvalue weighted by Crippen LogP contribution is -2.32. The van der Waals surface area contributed by atoms with E-state index in [2.05, 4.69) is 43.8 Å². The van der Waals surface area contributed by atoms with Gasteiger partial charge in [-0.25, -0.2) is 5.43 Å². The summed E-state index contributed by atoms with van der Waals surface area (Å²) in [6, 6.07) is 15.8. The molecule has 0 saturated carbocycles. The van der Waals surface area contributed by atoms with Gasteiger partial charge in [0.2, 0.25) is 0 Å². The summed E-state index contributed by atoms with van der Waals surface area (Å²) in [6.07, 6.45) is 1.36. The Kier molecular flexibility index (Phi) is 10.7. The van der Waals surface area contributed by atoms with Crippen LogP contribution < -0.4 is 30.3 Å². The standard InChI is InChI=1S/C28H29IN4O6/c1-5-38-23-12-7-6-10-22(23)32-27(35)28(36)33-30-15-19-13-20(29)26(24(14-19)37-4)39-16-25(34)31-21-11-8-9-17(2)18(21)3/h6-15H,5,16H2,1-4H3,(H,31,34)(H,32,35)(H,33,36)/b30-15-. The third-order valence-electron chi connectivity index (χ3n) is 5.50. The fraction of sp³-hybridized carbons (Fsp3) is 0.214. The lowest BCUT2D eigenvalue weighted by Gasteiger charge is -2.14. The van der Waals surface area contributed by atoms with E-state index >= 15 is 0 Å². The van der Waals surface area contributed by atoms with E-state index in [-0.39, 0.29) is 12.5 Å². The predicted octanol–water partition coefficient (Wildman–Crippen LogP) is 4.42. The fourth-order valence-electron chi connectivity index (χ4n) is 3.41. The average Bonchev–Trinajstić information content (AvgIpc) is 2.91. The van der Waals surface area contributed by atoms with Gasteiger partial charge < -0.3 is 24.8 Å². The maximum atomic E-state index is 12.5. The number of anilines is 2. The molecule has 0 heterocycles. The molecule has 11 heteroatoms. The Bertz CT molecular complexity index is 1390. The third kappa shape index (κ3) is 8.18. The van der Waals surface area contributed by atoms with Gasteiger partial charge >= 0.3 is 11.8 Å². The number of hydrazone groups is 1. The zero-order chi connectivity index (χ0) is 28.4. The Morgan fingerprint density at radius 3 is 2.41 bits per heavy atom. The highest BCUT2D eigenvalue weighted by atomic mass is 127. The first kappa shape index (κ1) is 29.4. The second-order valence-electron chi connectivity index (χ2n) is 8.20. The van der Waals surface area contributed by atoms with Gasteiger partial charge in [0.15, 0.2) is 18.1 Å². The smallest absolute Gasteiger partial charge is 0.329 e. The molecule has 0 aliphatic carbocycles. The van der Waals surface area contributed by atoms with Crippen LogP contribution in [0.15, 0.2) is 59.7 Å². The molecule has 3 rings (SSSR count). The highest BCUT2D eigenvalue weighted by Gasteiger charge is 2.16. The molecule has 0 bridgehead atoms. The van der Waals surface area contributed by atoms with Crippen LogP contribution in [0.5, 0.6) is 17.2 Å². The van der Waals surface area contributed by atoms with Crippen molar-refractivity contribution in [2.24, 2.45) is 5.10 Å². The van der Waals surface area contributed by atoms with Crippen molar-refractivity contribution in [3.05, 3.63) is 74.9 Å². The summed E-state index contributed by atoms with van der Waals surface area (Å²) in [5.74, 6) is -0.931. The van der Waals surface area contributed by atoms with Gasteiger partial charge in [0.05, 0.1) is 29.2 Å². The molecule has 0 fully saturated rings. The van der Waals surface area contributed by atoms with Crippen LogP contribution in [-0.2, 0) is 14.4 Å². The van der Waals surface area contributed by atoms with Crippen molar-refractivity contribution in [1.82, 2.24) is 5.43 Å². The van der Waals surface area contributed by atoms with Crippen molar-refractivity contribution in [2.45, 2.75) is 20.8 Å². The van der Waals surface area contributed by atoms with Crippen LogP contribution in [0.3, 0.4) is 0 Å². The Hall–Kier alpha value is -4.13. The summed E-state index contributed by atoms with van der Waals surface area (Å²) in [6.45, 7) is 5.93. The zero-order valence-electron chi connectivity index (χ0n) is 22.0. The lowest BCUT2D eigenvalue weighted by atomic mass is 10.1. The van der Waals surface area contributed by atoms with Crippen molar-refractivity contribution in [3.63, 3.8) is 0 Å². The number of amides is 3. The monoisotopic (exact) mass is 644 g/mol. The number of benzene rings is 3. The Morgan fingerprint density at radius 2 is 1.67 bits per heavy atom. The zero-order valence-corrected chi connectivity index (χ0v) is 24.1. The van der Waals surface area contributed by atoms with Crippen LogP contribution >= 0.6 is 22.6 Å². The number of carbonyl (C=O) groups is 3. The molecule has 0 aliphatic heterocycles. The van der Waals surface area contributed by atoms with Crippen molar-refractivity contribution >= 4 is 57.9 Å². The van der Waals surface area contributed by atoms with Gasteiger partial charge in [-0.3, -0.25) is 14.4 Å². The first-order chi connectivity index (χ1) is 18.7. The topological polar surface area (TPSA) is 127 Å². The van der Waals surface area contributed by atoms with Gasteiger partial charge in [0.25, 0.3) is 5.91 Å². The molecular weight excluding hydrogens is 615 g/mol. The van der Waals surface area contributed by atoms with Crippen molar-refractivity contribution < 1.29 is 28.6 Å². The van der Waals surface area contributed by atoms with Gasteiger partial charge in [-0.2, -0.15) is 5.10 Å². The predicted molar refractivity (Wildman–Crippen MR) is 158 cm³/mol. The molecule has 10 nitrogen and oxygen atoms in total. The molecule has 0 spiro atoms. The molecule has 0 saturated heterocycles. The van der Waals surface area contributed by atoms with Crippen LogP contribution in [0.2, 0.25) is 0 Å². The maximum Gasteiger partial charge on any atom is 0.329 e. The molecule has 0 aliphatic rings. The molecule has 204 valence electrons. The van der Waals surface area contributed by atoms with E-state index in [0.717, 1.165) is 16.8 Å².